The SMILES string of the molecule is O[C@H](CSc1ncccn1)C(F)(F)F. The van der Waals surface area contributed by atoms with Crippen LogP contribution in [0.15, 0.2) is 23.6 Å². The molecular formula is C7H7F3N2OS. The van der Waals surface area contributed by atoms with Gasteiger partial charge in [0.05, 0.1) is 0 Å². The summed E-state index contributed by atoms with van der Waals surface area (Å²) in [6, 6.07) is 1.56. The lowest BCUT2D eigenvalue weighted by Gasteiger charge is -2.12. The summed E-state index contributed by atoms with van der Waals surface area (Å²) in [6.45, 7) is 0. The molecule has 3 nitrogen and oxygen atoms in total. The maximum atomic E-state index is 11.8. The molecule has 0 radical (unpaired) electrons. The fourth-order valence-electron chi connectivity index (χ4n) is 0.608. The third kappa shape index (κ3) is 3.51. The number of alkyl halides is 3. The highest BCUT2D eigenvalue weighted by atomic mass is 32.2. The monoisotopic (exact) mass is 224 g/mol. The first-order valence-corrected chi connectivity index (χ1v) is 4.63. The molecule has 0 fully saturated rings. The zero-order chi connectivity index (χ0) is 10.6. The van der Waals surface area contributed by atoms with E-state index in [1.807, 2.05) is 0 Å². The molecule has 1 heterocycles. The van der Waals surface area contributed by atoms with Gasteiger partial charge in [0.25, 0.3) is 0 Å². The maximum Gasteiger partial charge on any atom is 0.415 e. The van der Waals surface area contributed by atoms with Gasteiger partial charge in [-0.1, -0.05) is 11.8 Å². The predicted molar refractivity (Wildman–Crippen MR) is 44.8 cm³/mol. The van der Waals surface area contributed by atoms with E-state index in [1.54, 1.807) is 6.07 Å². The van der Waals surface area contributed by atoms with Crippen LogP contribution in [0.1, 0.15) is 0 Å². The van der Waals surface area contributed by atoms with E-state index in [0.29, 0.717) is 0 Å². The molecule has 1 atom stereocenters. The second-order valence-corrected chi connectivity index (χ2v) is 3.39. The average Bonchev–Trinajstić information content (AvgIpc) is 2.14. The molecule has 78 valence electrons. The van der Waals surface area contributed by atoms with Crippen LogP contribution in [0.2, 0.25) is 0 Å². The van der Waals surface area contributed by atoms with Gasteiger partial charge >= 0.3 is 6.18 Å². The van der Waals surface area contributed by atoms with E-state index in [4.69, 9.17) is 5.11 Å². The minimum absolute atomic E-state index is 0.218. The topological polar surface area (TPSA) is 46.0 Å². The molecule has 0 aliphatic rings. The van der Waals surface area contributed by atoms with Crippen LogP contribution in [0.3, 0.4) is 0 Å². The number of hydrogen-bond donors (Lipinski definition) is 1. The van der Waals surface area contributed by atoms with Gasteiger partial charge in [0.1, 0.15) is 0 Å². The Hall–Kier alpha value is -0.820. The Morgan fingerprint density at radius 3 is 2.43 bits per heavy atom. The smallest absolute Gasteiger partial charge is 0.383 e. The Morgan fingerprint density at radius 2 is 1.93 bits per heavy atom. The van der Waals surface area contributed by atoms with E-state index in [9.17, 15) is 13.2 Å². The summed E-state index contributed by atoms with van der Waals surface area (Å²) >= 11 is 0.763. The van der Waals surface area contributed by atoms with Crippen molar-refractivity contribution in [1.82, 2.24) is 9.97 Å². The van der Waals surface area contributed by atoms with E-state index < -0.39 is 18.0 Å². The molecule has 14 heavy (non-hydrogen) atoms. The van der Waals surface area contributed by atoms with Gasteiger partial charge in [-0.2, -0.15) is 13.2 Å². The Kier molecular flexibility index (Phi) is 3.70. The van der Waals surface area contributed by atoms with Gasteiger partial charge in [-0.15, -0.1) is 0 Å². The second kappa shape index (κ2) is 4.61. The molecule has 7 heteroatoms. The first kappa shape index (κ1) is 11.3. The van der Waals surface area contributed by atoms with Crippen LogP contribution in [-0.2, 0) is 0 Å². The van der Waals surface area contributed by atoms with Crippen molar-refractivity contribution in [2.45, 2.75) is 17.4 Å². The average molecular weight is 224 g/mol. The van der Waals surface area contributed by atoms with Gasteiger partial charge < -0.3 is 5.11 Å². The number of aliphatic hydroxyl groups is 1. The lowest BCUT2D eigenvalue weighted by molar-refractivity contribution is -0.195. The van der Waals surface area contributed by atoms with Gasteiger partial charge in [0, 0.05) is 18.1 Å². The van der Waals surface area contributed by atoms with Crippen LogP contribution in [0.5, 0.6) is 0 Å². The van der Waals surface area contributed by atoms with E-state index in [-0.39, 0.29) is 5.16 Å². The van der Waals surface area contributed by atoms with Crippen LogP contribution < -0.4 is 0 Å². The second-order valence-electron chi connectivity index (χ2n) is 2.40. The molecule has 0 unspecified atom stereocenters. The molecule has 0 aromatic carbocycles. The van der Waals surface area contributed by atoms with Gasteiger partial charge in [0.15, 0.2) is 11.3 Å². The number of halogens is 3. The predicted octanol–water partition coefficient (Wildman–Crippen LogP) is 1.49. The summed E-state index contributed by atoms with van der Waals surface area (Å²) in [5.41, 5.74) is 0. The van der Waals surface area contributed by atoms with E-state index >= 15 is 0 Å². The number of aliphatic hydroxyl groups excluding tert-OH is 1. The highest BCUT2D eigenvalue weighted by Crippen LogP contribution is 2.24. The fraction of sp³-hybridized carbons (Fsp3) is 0.429. The molecule has 1 N–H and O–H groups in total. The molecule has 0 amide bonds. The Bertz CT molecular complexity index is 280. The van der Waals surface area contributed by atoms with Crippen LogP contribution in [0, 0.1) is 0 Å². The number of rotatable bonds is 3. The Morgan fingerprint density at radius 1 is 1.36 bits per heavy atom. The first-order chi connectivity index (χ1) is 6.50. The fourth-order valence-corrected chi connectivity index (χ4v) is 1.37. The summed E-state index contributed by atoms with van der Waals surface area (Å²) in [6.07, 6.45) is -4.07. The summed E-state index contributed by atoms with van der Waals surface area (Å²) in [4.78, 5) is 7.41. The molecule has 0 aliphatic carbocycles. The van der Waals surface area contributed by atoms with Crippen molar-refractivity contribution in [2.75, 3.05) is 5.75 Å². The van der Waals surface area contributed by atoms with Crippen LogP contribution >= 0.6 is 11.8 Å². The summed E-state index contributed by atoms with van der Waals surface area (Å²) in [7, 11) is 0. The largest absolute Gasteiger partial charge is 0.415 e. The quantitative estimate of drug-likeness (QED) is 0.624. The van der Waals surface area contributed by atoms with E-state index in [2.05, 4.69) is 9.97 Å². The van der Waals surface area contributed by atoms with Crippen molar-refractivity contribution in [3.8, 4) is 0 Å². The summed E-state index contributed by atoms with van der Waals surface area (Å²) in [5, 5.41) is 8.86. The summed E-state index contributed by atoms with van der Waals surface area (Å²) in [5.74, 6) is -0.493. The van der Waals surface area contributed by atoms with Crippen molar-refractivity contribution < 1.29 is 18.3 Å². The number of thioether (sulfide) groups is 1. The van der Waals surface area contributed by atoms with E-state index in [0.717, 1.165) is 11.8 Å². The molecule has 1 rings (SSSR count). The molecule has 0 saturated heterocycles. The van der Waals surface area contributed by atoms with Crippen molar-refractivity contribution in [3.05, 3.63) is 18.5 Å². The molecule has 0 aliphatic heterocycles. The molecular weight excluding hydrogens is 217 g/mol. The minimum Gasteiger partial charge on any atom is -0.383 e. The highest BCUT2D eigenvalue weighted by molar-refractivity contribution is 7.99. The van der Waals surface area contributed by atoms with Gasteiger partial charge in [-0.25, -0.2) is 9.97 Å². The maximum absolute atomic E-state index is 11.8. The lowest BCUT2D eigenvalue weighted by atomic mass is 10.4. The van der Waals surface area contributed by atoms with Gasteiger partial charge in [-0.05, 0) is 6.07 Å². The van der Waals surface area contributed by atoms with Crippen molar-refractivity contribution in [3.63, 3.8) is 0 Å². The highest BCUT2D eigenvalue weighted by Gasteiger charge is 2.38. The van der Waals surface area contributed by atoms with Crippen LogP contribution in [0.25, 0.3) is 0 Å². The normalized spacial score (nSPS) is 14.0. The van der Waals surface area contributed by atoms with Gasteiger partial charge in [-0.3, -0.25) is 0 Å². The molecule has 0 bridgehead atoms. The third-order valence-corrected chi connectivity index (χ3v) is 2.24. The first-order valence-electron chi connectivity index (χ1n) is 3.65. The molecule has 1 aromatic heterocycles. The molecule has 0 spiro atoms. The standard InChI is InChI=1S/C7H7F3N2OS/c8-7(9,10)5(13)4-14-6-11-2-1-3-12-6/h1-3,5,13H,4H2/t5-/m1/s1. The Balaban J connectivity index is 2.42. The number of nitrogens with zero attached hydrogens (tertiary/aromatic N) is 2. The number of hydrogen-bond acceptors (Lipinski definition) is 4. The van der Waals surface area contributed by atoms with Gasteiger partial charge in [0.2, 0.25) is 0 Å². The minimum atomic E-state index is -4.58. The van der Waals surface area contributed by atoms with Crippen LogP contribution in [-0.4, -0.2) is 33.1 Å². The van der Waals surface area contributed by atoms with Crippen molar-refractivity contribution in [1.29, 1.82) is 0 Å². The zero-order valence-corrected chi connectivity index (χ0v) is 7.72. The Labute approximate surface area is 82.4 Å². The zero-order valence-electron chi connectivity index (χ0n) is 6.90. The van der Waals surface area contributed by atoms with Crippen molar-refractivity contribution in [2.24, 2.45) is 0 Å². The van der Waals surface area contributed by atoms with Crippen molar-refractivity contribution >= 4 is 11.8 Å². The van der Waals surface area contributed by atoms with E-state index in [1.165, 1.54) is 12.4 Å². The molecule has 1 aromatic rings. The lowest BCUT2D eigenvalue weighted by Crippen LogP contribution is -2.30. The molecule has 0 saturated carbocycles. The van der Waals surface area contributed by atoms with Crippen LogP contribution in [0.4, 0.5) is 13.2 Å². The third-order valence-electron chi connectivity index (χ3n) is 1.29. The number of aromatic nitrogens is 2. The summed E-state index contributed by atoms with van der Waals surface area (Å²) < 4.78 is 35.5.